The Balaban J connectivity index is 1.30. The van der Waals surface area contributed by atoms with E-state index in [4.69, 9.17) is 4.74 Å². The molecule has 1 aromatic heterocycles. The number of carbonyl (C=O) groups is 1. The van der Waals surface area contributed by atoms with Crippen molar-refractivity contribution in [3.05, 3.63) is 18.1 Å². The van der Waals surface area contributed by atoms with Crippen molar-refractivity contribution in [3.63, 3.8) is 0 Å². The fourth-order valence-corrected chi connectivity index (χ4v) is 4.90. The molecule has 0 aromatic carbocycles. The largest absolute Gasteiger partial charge is 0.378 e. The predicted molar refractivity (Wildman–Crippen MR) is 108 cm³/mol. The van der Waals surface area contributed by atoms with Gasteiger partial charge in [0.25, 0.3) is 5.91 Å². The number of carbonyl (C=O) groups excluding carboxylic acids is 1. The van der Waals surface area contributed by atoms with Crippen molar-refractivity contribution in [1.29, 1.82) is 0 Å². The van der Waals surface area contributed by atoms with E-state index in [9.17, 15) is 4.79 Å². The highest BCUT2D eigenvalue weighted by atomic mass is 16.5. The molecule has 0 spiro atoms. The van der Waals surface area contributed by atoms with E-state index < -0.39 is 0 Å². The first-order valence-electron chi connectivity index (χ1n) is 11.0. The highest BCUT2D eigenvalue weighted by Crippen LogP contribution is 2.30. The number of hydrogen-bond donors (Lipinski definition) is 1. The third-order valence-electron chi connectivity index (χ3n) is 6.40. The number of anilines is 1. The molecular weight excluding hydrogens is 354 g/mol. The van der Waals surface area contributed by atoms with E-state index in [2.05, 4.69) is 20.2 Å². The molecule has 0 unspecified atom stereocenters. The third-order valence-corrected chi connectivity index (χ3v) is 6.40. The monoisotopic (exact) mass is 387 g/mol. The standard InChI is InChI=1S/C21H33N5O2/c27-21(25-11-13-28-14-12-25)19-15-22-16-20(24-19)23-9-8-18-7-3-4-10-26(18)17-5-1-2-6-17/h15-18H,1-14H2,(H,23,24)/t18-/m1/s1. The van der Waals surface area contributed by atoms with Crippen LogP contribution >= 0.6 is 0 Å². The van der Waals surface area contributed by atoms with Crippen molar-refractivity contribution in [1.82, 2.24) is 19.8 Å². The Morgan fingerprint density at radius 3 is 2.68 bits per heavy atom. The molecule has 1 atom stereocenters. The second-order valence-electron chi connectivity index (χ2n) is 8.24. The second-order valence-corrected chi connectivity index (χ2v) is 8.24. The van der Waals surface area contributed by atoms with Gasteiger partial charge in [-0.3, -0.25) is 14.7 Å². The summed E-state index contributed by atoms with van der Waals surface area (Å²) in [5.74, 6) is 0.640. The summed E-state index contributed by atoms with van der Waals surface area (Å²) < 4.78 is 5.32. The maximum absolute atomic E-state index is 12.6. The summed E-state index contributed by atoms with van der Waals surface area (Å²) in [4.78, 5) is 25.9. The van der Waals surface area contributed by atoms with Crippen molar-refractivity contribution >= 4 is 11.7 Å². The zero-order chi connectivity index (χ0) is 19.2. The fraction of sp³-hybridized carbons (Fsp3) is 0.762. The minimum atomic E-state index is -0.0564. The number of morpholine rings is 1. The molecule has 4 rings (SSSR count). The first-order valence-corrected chi connectivity index (χ1v) is 11.0. The van der Waals surface area contributed by atoms with Crippen LogP contribution in [0.3, 0.4) is 0 Å². The highest BCUT2D eigenvalue weighted by molar-refractivity contribution is 5.92. The number of nitrogens with zero attached hydrogens (tertiary/aromatic N) is 4. The van der Waals surface area contributed by atoms with Gasteiger partial charge in [-0.1, -0.05) is 19.3 Å². The molecule has 7 heteroatoms. The van der Waals surface area contributed by atoms with Gasteiger partial charge in [-0.25, -0.2) is 4.98 Å². The minimum absolute atomic E-state index is 0.0564. The number of rotatable bonds is 6. The molecule has 0 bridgehead atoms. The lowest BCUT2D eigenvalue weighted by atomic mass is 9.96. The lowest BCUT2D eigenvalue weighted by Crippen LogP contribution is -2.45. The van der Waals surface area contributed by atoms with Crippen LogP contribution in [0.4, 0.5) is 5.82 Å². The van der Waals surface area contributed by atoms with Crippen LogP contribution in [0.15, 0.2) is 12.4 Å². The van der Waals surface area contributed by atoms with Gasteiger partial charge in [0, 0.05) is 31.7 Å². The lowest BCUT2D eigenvalue weighted by Gasteiger charge is -2.40. The van der Waals surface area contributed by atoms with Gasteiger partial charge in [0.05, 0.1) is 25.6 Å². The van der Waals surface area contributed by atoms with Crippen LogP contribution in [0.1, 0.15) is 61.9 Å². The molecular formula is C21H33N5O2. The third kappa shape index (κ3) is 4.81. The topological polar surface area (TPSA) is 70.6 Å². The van der Waals surface area contributed by atoms with Gasteiger partial charge >= 0.3 is 0 Å². The molecule has 3 fully saturated rings. The zero-order valence-corrected chi connectivity index (χ0v) is 16.8. The van der Waals surface area contributed by atoms with Crippen molar-refractivity contribution in [2.75, 3.05) is 44.7 Å². The maximum atomic E-state index is 12.6. The van der Waals surface area contributed by atoms with Gasteiger partial charge in [-0.2, -0.15) is 0 Å². The Morgan fingerprint density at radius 1 is 1.07 bits per heavy atom. The number of ether oxygens (including phenoxy) is 1. The van der Waals surface area contributed by atoms with E-state index in [-0.39, 0.29) is 5.91 Å². The van der Waals surface area contributed by atoms with E-state index in [1.165, 1.54) is 51.5 Å². The normalized spacial score (nSPS) is 24.4. The molecule has 7 nitrogen and oxygen atoms in total. The molecule has 3 aliphatic rings. The van der Waals surface area contributed by atoms with Crippen LogP contribution in [0.25, 0.3) is 0 Å². The summed E-state index contributed by atoms with van der Waals surface area (Å²) in [5, 5.41) is 3.41. The summed E-state index contributed by atoms with van der Waals surface area (Å²) >= 11 is 0. The van der Waals surface area contributed by atoms with E-state index in [1.807, 2.05) is 0 Å². The van der Waals surface area contributed by atoms with Gasteiger partial charge in [-0.05, 0) is 38.6 Å². The molecule has 2 aliphatic heterocycles. The number of aromatic nitrogens is 2. The van der Waals surface area contributed by atoms with Gasteiger partial charge < -0.3 is 15.0 Å². The van der Waals surface area contributed by atoms with Crippen LogP contribution in [-0.2, 0) is 4.74 Å². The van der Waals surface area contributed by atoms with E-state index in [1.54, 1.807) is 17.3 Å². The SMILES string of the molecule is O=C(c1cncc(NCC[C@H]2CCCCN2C2CCCC2)n1)N1CCOCC1. The Hall–Kier alpha value is -1.73. The minimum Gasteiger partial charge on any atom is -0.378 e. The molecule has 2 saturated heterocycles. The summed E-state index contributed by atoms with van der Waals surface area (Å²) in [6.07, 6.45) is 13.9. The predicted octanol–water partition coefficient (Wildman–Crippen LogP) is 2.55. The molecule has 154 valence electrons. The molecule has 0 radical (unpaired) electrons. The van der Waals surface area contributed by atoms with Crippen molar-refractivity contribution in [2.45, 2.75) is 63.5 Å². The molecule has 1 amide bonds. The quantitative estimate of drug-likeness (QED) is 0.809. The number of piperidine rings is 1. The number of nitrogens with one attached hydrogen (secondary N) is 1. The van der Waals surface area contributed by atoms with Gasteiger partial charge in [-0.15, -0.1) is 0 Å². The Labute approximate surface area is 167 Å². The van der Waals surface area contributed by atoms with Crippen LogP contribution in [0.5, 0.6) is 0 Å². The summed E-state index contributed by atoms with van der Waals surface area (Å²) in [6, 6.07) is 1.48. The van der Waals surface area contributed by atoms with Crippen LogP contribution in [-0.4, -0.2) is 77.2 Å². The Bertz CT molecular complexity index is 643. The molecule has 3 heterocycles. The zero-order valence-electron chi connectivity index (χ0n) is 16.8. The number of likely N-dealkylation sites (tertiary alicyclic amines) is 1. The van der Waals surface area contributed by atoms with Gasteiger partial charge in [0.15, 0.2) is 0 Å². The van der Waals surface area contributed by atoms with Gasteiger partial charge in [0.2, 0.25) is 0 Å². The Morgan fingerprint density at radius 2 is 1.86 bits per heavy atom. The van der Waals surface area contributed by atoms with E-state index in [0.29, 0.717) is 43.9 Å². The summed E-state index contributed by atoms with van der Waals surface area (Å²) in [6.45, 7) is 4.57. The average Bonchev–Trinajstić information content (AvgIpc) is 3.29. The fourth-order valence-electron chi connectivity index (χ4n) is 4.90. The summed E-state index contributed by atoms with van der Waals surface area (Å²) in [5.41, 5.74) is 0.414. The van der Waals surface area contributed by atoms with Crippen LogP contribution < -0.4 is 5.32 Å². The summed E-state index contributed by atoms with van der Waals surface area (Å²) in [7, 11) is 0. The smallest absolute Gasteiger partial charge is 0.274 e. The lowest BCUT2D eigenvalue weighted by molar-refractivity contribution is 0.0299. The highest BCUT2D eigenvalue weighted by Gasteiger charge is 2.30. The van der Waals surface area contributed by atoms with Crippen LogP contribution in [0.2, 0.25) is 0 Å². The van der Waals surface area contributed by atoms with Gasteiger partial charge in [0.1, 0.15) is 11.5 Å². The molecule has 1 aromatic rings. The Kier molecular flexibility index (Phi) is 6.75. The van der Waals surface area contributed by atoms with Crippen molar-refractivity contribution in [3.8, 4) is 0 Å². The van der Waals surface area contributed by atoms with E-state index in [0.717, 1.165) is 19.0 Å². The average molecular weight is 388 g/mol. The van der Waals surface area contributed by atoms with Crippen molar-refractivity contribution in [2.24, 2.45) is 0 Å². The first-order chi connectivity index (χ1) is 13.8. The van der Waals surface area contributed by atoms with Crippen molar-refractivity contribution < 1.29 is 9.53 Å². The van der Waals surface area contributed by atoms with Crippen LogP contribution in [0, 0.1) is 0 Å². The second kappa shape index (κ2) is 9.65. The molecule has 28 heavy (non-hydrogen) atoms. The molecule has 1 aliphatic carbocycles. The number of amides is 1. The molecule has 1 saturated carbocycles. The van der Waals surface area contributed by atoms with E-state index >= 15 is 0 Å². The maximum Gasteiger partial charge on any atom is 0.274 e. The number of hydrogen-bond acceptors (Lipinski definition) is 6. The molecule has 1 N–H and O–H groups in total. The first kappa shape index (κ1) is 19.6.